The van der Waals surface area contributed by atoms with Gasteiger partial charge in [-0.2, -0.15) is 0 Å². The molecular formula is C25H27N3O5S. The number of carbonyl (C=O) groups is 2. The summed E-state index contributed by atoms with van der Waals surface area (Å²) < 4.78 is 29.2. The molecule has 8 nitrogen and oxygen atoms in total. The van der Waals surface area contributed by atoms with E-state index in [1.807, 2.05) is 32.0 Å². The van der Waals surface area contributed by atoms with E-state index in [4.69, 9.17) is 5.11 Å². The average molecular weight is 482 g/mol. The van der Waals surface area contributed by atoms with Crippen molar-refractivity contribution < 1.29 is 23.1 Å². The van der Waals surface area contributed by atoms with Gasteiger partial charge in [-0.3, -0.25) is 4.79 Å². The molecule has 1 heterocycles. The number of likely N-dealkylation sites (tertiary alicyclic amines) is 1. The molecular weight excluding hydrogens is 454 g/mol. The second-order valence-electron chi connectivity index (χ2n) is 8.52. The van der Waals surface area contributed by atoms with Crippen LogP contribution in [0.15, 0.2) is 59.5 Å². The first kappa shape index (κ1) is 23.7. The zero-order valence-corrected chi connectivity index (χ0v) is 19.9. The summed E-state index contributed by atoms with van der Waals surface area (Å²) in [4.78, 5) is 25.6. The van der Waals surface area contributed by atoms with E-state index in [0.717, 1.165) is 11.1 Å². The van der Waals surface area contributed by atoms with Crippen LogP contribution in [0.25, 0.3) is 10.8 Å². The Labute approximate surface area is 198 Å². The predicted molar refractivity (Wildman–Crippen MR) is 131 cm³/mol. The summed E-state index contributed by atoms with van der Waals surface area (Å²) >= 11 is 0. The lowest BCUT2D eigenvalue weighted by molar-refractivity contribution is 0.102. The fraction of sp³-hybridized carbons (Fsp3) is 0.280. The molecule has 0 unspecified atom stereocenters. The molecule has 178 valence electrons. The summed E-state index contributed by atoms with van der Waals surface area (Å²) in [7, 11) is -3.89. The largest absolute Gasteiger partial charge is 0.465 e. The van der Waals surface area contributed by atoms with Crippen molar-refractivity contribution in [3.05, 3.63) is 71.3 Å². The summed E-state index contributed by atoms with van der Waals surface area (Å²) in [6.45, 7) is 4.46. The molecule has 3 aromatic rings. The number of amides is 2. The van der Waals surface area contributed by atoms with E-state index in [-0.39, 0.29) is 29.9 Å². The van der Waals surface area contributed by atoms with Crippen LogP contribution in [-0.4, -0.2) is 49.6 Å². The SMILES string of the molecule is Cc1cccc(NC(=O)c2ccc(S(=O)(=O)NC3CCN(C(=O)O)CC3)c3ccccc23)c1C. The van der Waals surface area contributed by atoms with Crippen molar-refractivity contribution >= 4 is 38.5 Å². The van der Waals surface area contributed by atoms with Crippen molar-refractivity contribution in [3.63, 3.8) is 0 Å². The molecule has 3 N–H and O–H groups in total. The van der Waals surface area contributed by atoms with Crippen LogP contribution in [0, 0.1) is 13.8 Å². The number of nitrogens with zero attached hydrogens (tertiary/aromatic N) is 1. The average Bonchev–Trinajstić information content (AvgIpc) is 2.81. The van der Waals surface area contributed by atoms with Gasteiger partial charge in [-0.1, -0.05) is 36.4 Å². The first-order valence-corrected chi connectivity index (χ1v) is 12.5. The Kier molecular flexibility index (Phi) is 6.58. The van der Waals surface area contributed by atoms with Crippen LogP contribution in [0.4, 0.5) is 10.5 Å². The number of aryl methyl sites for hydroxylation is 1. The molecule has 0 atom stereocenters. The van der Waals surface area contributed by atoms with Gasteiger partial charge in [-0.25, -0.2) is 17.9 Å². The number of hydrogen-bond acceptors (Lipinski definition) is 4. The standard InChI is InChI=1S/C25H27N3O5S/c1-16-6-5-9-22(17(16)2)26-24(29)21-10-11-23(20-8-4-3-7-19(20)21)34(32,33)27-18-12-14-28(15-13-18)25(30)31/h3-11,18,27H,12-15H2,1-2H3,(H,26,29)(H,30,31). The molecule has 0 spiro atoms. The van der Waals surface area contributed by atoms with Crippen LogP contribution in [0.2, 0.25) is 0 Å². The van der Waals surface area contributed by atoms with Gasteiger partial charge < -0.3 is 15.3 Å². The molecule has 0 aliphatic carbocycles. The molecule has 1 fully saturated rings. The maximum absolute atomic E-state index is 13.2. The van der Waals surface area contributed by atoms with E-state index < -0.39 is 16.1 Å². The van der Waals surface area contributed by atoms with Crippen LogP contribution >= 0.6 is 0 Å². The molecule has 0 saturated carbocycles. The van der Waals surface area contributed by atoms with Crippen molar-refractivity contribution in [2.45, 2.75) is 37.6 Å². The summed E-state index contributed by atoms with van der Waals surface area (Å²) in [5, 5.41) is 13.0. The highest BCUT2D eigenvalue weighted by atomic mass is 32.2. The van der Waals surface area contributed by atoms with Gasteiger partial charge in [0.15, 0.2) is 0 Å². The first-order chi connectivity index (χ1) is 16.2. The van der Waals surface area contributed by atoms with E-state index >= 15 is 0 Å². The number of fused-ring (bicyclic) bond motifs is 1. The molecule has 0 bridgehead atoms. The third-order valence-electron chi connectivity index (χ3n) is 6.36. The van der Waals surface area contributed by atoms with Crippen LogP contribution in [0.5, 0.6) is 0 Å². The minimum Gasteiger partial charge on any atom is -0.465 e. The molecule has 0 radical (unpaired) electrons. The highest BCUT2D eigenvalue weighted by Crippen LogP contribution is 2.28. The Bertz CT molecular complexity index is 1360. The van der Waals surface area contributed by atoms with Crippen LogP contribution in [0.3, 0.4) is 0 Å². The number of carbonyl (C=O) groups excluding carboxylic acids is 1. The topological polar surface area (TPSA) is 116 Å². The number of carboxylic acid groups (broad SMARTS) is 1. The van der Waals surface area contributed by atoms with Gasteiger partial charge in [0.25, 0.3) is 5.91 Å². The monoisotopic (exact) mass is 481 g/mol. The maximum atomic E-state index is 13.2. The van der Waals surface area contributed by atoms with E-state index in [1.54, 1.807) is 24.3 Å². The summed E-state index contributed by atoms with van der Waals surface area (Å²) in [6, 6.07) is 15.2. The molecule has 9 heteroatoms. The first-order valence-electron chi connectivity index (χ1n) is 11.1. The smallest absolute Gasteiger partial charge is 0.407 e. The molecule has 34 heavy (non-hydrogen) atoms. The van der Waals surface area contributed by atoms with Crippen LogP contribution in [0.1, 0.15) is 34.3 Å². The Hall–Kier alpha value is -3.43. The van der Waals surface area contributed by atoms with Crippen molar-refractivity contribution in [2.24, 2.45) is 0 Å². The number of anilines is 1. The van der Waals surface area contributed by atoms with Gasteiger partial charge in [0.05, 0.1) is 4.90 Å². The van der Waals surface area contributed by atoms with Gasteiger partial charge in [0.2, 0.25) is 10.0 Å². The number of rotatable bonds is 5. The lowest BCUT2D eigenvalue weighted by Crippen LogP contribution is -2.46. The highest BCUT2D eigenvalue weighted by Gasteiger charge is 2.28. The van der Waals surface area contributed by atoms with E-state index in [2.05, 4.69) is 10.0 Å². The van der Waals surface area contributed by atoms with Crippen molar-refractivity contribution in [1.29, 1.82) is 0 Å². The summed E-state index contributed by atoms with van der Waals surface area (Å²) in [5.41, 5.74) is 3.12. The molecule has 4 rings (SSSR count). The number of piperidine rings is 1. The third kappa shape index (κ3) is 4.76. The normalized spacial score (nSPS) is 14.8. The Morgan fingerprint density at radius 3 is 2.29 bits per heavy atom. The van der Waals surface area contributed by atoms with Gasteiger partial charge in [0.1, 0.15) is 0 Å². The predicted octanol–water partition coefficient (Wildman–Crippen LogP) is 4.13. The fourth-order valence-corrected chi connectivity index (χ4v) is 5.77. The second kappa shape index (κ2) is 9.44. The second-order valence-corrected chi connectivity index (χ2v) is 10.2. The van der Waals surface area contributed by atoms with Crippen molar-refractivity contribution in [2.75, 3.05) is 18.4 Å². The number of sulfonamides is 1. The molecule has 3 aromatic carbocycles. The van der Waals surface area contributed by atoms with Gasteiger partial charge >= 0.3 is 6.09 Å². The van der Waals surface area contributed by atoms with Gasteiger partial charge in [-0.15, -0.1) is 0 Å². The lowest BCUT2D eigenvalue weighted by Gasteiger charge is -2.30. The molecule has 0 aromatic heterocycles. The summed E-state index contributed by atoms with van der Waals surface area (Å²) in [6.07, 6.45) is -0.193. The minimum atomic E-state index is -3.89. The number of hydrogen-bond donors (Lipinski definition) is 3. The molecule has 1 aliphatic rings. The zero-order chi connectivity index (χ0) is 24.5. The maximum Gasteiger partial charge on any atom is 0.407 e. The Balaban J connectivity index is 1.62. The Morgan fingerprint density at radius 1 is 0.941 bits per heavy atom. The number of benzene rings is 3. The zero-order valence-electron chi connectivity index (χ0n) is 19.0. The molecule has 2 amide bonds. The van der Waals surface area contributed by atoms with Crippen molar-refractivity contribution in [1.82, 2.24) is 9.62 Å². The molecule has 1 aliphatic heterocycles. The third-order valence-corrected chi connectivity index (χ3v) is 7.94. The van der Waals surface area contributed by atoms with E-state index in [0.29, 0.717) is 34.9 Å². The minimum absolute atomic E-state index is 0.0899. The number of nitrogens with one attached hydrogen (secondary N) is 2. The molecule has 1 saturated heterocycles. The Morgan fingerprint density at radius 2 is 1.62 bits per heavy atom. The van der Waals surface area contributed by atoms with Crippen LogP contribution < -0.4 is 10.0 Å². The quantitative estimate of drug-likeness (QED) is 0.507. The summed E-state index contributed by atoms with van der Waals surface area (Å²) in [5.74, 6) is -0.317. The fourth-order valence-electron chi connectivity index (χ4n) is 4.25. The van der Waals surface area contributed by atoms with Gasteiger partial charge in [-0.05, 0) is 61.4 Å². The highest BCUT2D eigenvalue weighted by molar-refractivity contribution is 7.89. The van der Waals surface area contributed by atoms with E-state index in [1.165, 1.54) is 17.0 Å². The lowest BCUT2D eigenvalue weighted by atomic mass is 10.0. The van der Waals surface area contributed by atoms with Gasteiger partial charge in [0, 0.05) is 35.8 Å². The van der Waals surface area contributed by atoms with Crippen LogP contribution in [-0.2, 0) is 10.0 Å². The van der Waals surface area contributed by atoms with E-state index in [9.17, 15) is 18.0 Å². The van der Waals surface area contributed by atoms with Crippen molar-refractivity contribution in [3.8, 4) is 0 Å².